The third-order valence-electron chi connectivity index (χ3n) is 6.21. The monoisotopic (exact) mass is 376 g/mol. The first-order chi connectivity index (χ1) is 14.0. The second kappa shape index (κ2) is 5.54. The summed E-state index contributed by atoms with van der Waals surface area (Å²) in [7, 11) is 0. The fourth-order valence-corrected chi connectivity index (χ4v) is 4.81. The Morgan fingerprint density at radius 1 is 0.793 bits per heavy atom. The average molecular weight is 376 g/mol. The molecule has 0 N–H and O–H groups in total. The first-order valence-corrected chi connectivity index (χ1v) is 9.95. The molecule has 0 saturated carbocycles. The van der Waals surface area contributed by atoms with Crippen molar-refractivity contribution in [2.24, 2.45) is 0 Å². The molecule has 3 heteroatoms. The molecule has 0 aliphatic heterocycles. The van der Waals surface area contributed by atoms with Gasteiger partial charge in [0.05, 0.1) is 11.1 Å². The van der Waals surface area contributed by atoms with Crippen LogP contribution in [0.1, 0.15) is 30.8 Å². The molecule has 0 fully saturated rings. The van der Waals surface area contributed by atoms with Crippen LogP contribution in [-0.2, 0) is 5.41 Å². The van der Waals surface area contributed by atoms with Gasteiger partial charge in [-0.3, -0.25) is 0 Å². The second-order valence-electron chi connectivity index (χ2n) is 8.33. The van der Waals surface area contributed by atoms with Crippen molar-refractivity contribution in [3.63, 3.8) is 0 Å². The molecule has 0 atom stereocenters. The van der Waals surface area contributed by atoms with Crippen molar-refractivity contribution in [2.45, 2.75) is 26.2 Å². The number of benzene rings is 3. The summed E-state index contributed by atoms with van der Waals surface area (Å²) < 4.78 is 6.03. The Hall–Kier alpha value is -3.46. The van der Waals surface area contributed by atoms with Crippen LogP contribution in [0.25, 0.3) is 44.5 Å². The number of aromatic nitrogens is 2. The van der Waals surface area contributed by atoms with Crippen molar-refractivity contribution in [1.82, 2.24) is 9.97 Å². The zero-order chi connectivity index (χ0) is 19.8. The van der Waals surface area contributed by atoms with Crippen molar-refractivity contribution in [1.29, 1.82) is 0 Å². The molecule has 0 spiro atoms. The molecule has 1 aliphatic rings. The summed E-state index contributed by atoms with van der Waals surface area (Å²) in [6.45, 7) is 6.52. The number of para-hydroxylation sites is 1. The van der Waals surface area contributed by atoms with Crippen LogP contribution in [0.4, 0.5) is 0 Å². The van der Waals surface area contributed by atoms with E-state index in [2.05, 4.69) is 67.4 Å². The molecule has 0 amide bonds. The van der Waals surface area contributed by atoms with E-state index in [0.29, 0.717) is 11.5 Å². The smallest absolute Gasteiger partial charge is 0.231 e. The van der Waals surface area contributed by atoms with E-state index in [1.54, 1.807) is 0 Å². The van der Waals surface area contributed by atoms with E-state index < -0.39 is 0 Å². The molecule has 5 aromatic rings. The van der Waals surface area contributed by atoms with Crippen LogP contribution in [0.5, 0.6) is 0 Å². The van der Waals surface area contributed by atoms with Gasteiger partial charge in [0.1, 0.15) is 11.4 Å². The van der Waals surface area contributed by atoms with Gasteiger partial charge in [0.25, 0.3) is 0 Å². The minimum absolute atomic E-state index is 0.00367. The lowest BCUT2D eigenvalue weighted by molar-refractivity contribution is 0.651. The average Bonchev–Trinajstić information content (AvgIpc) is 3.20. The molecule has 1 aliphatic carbocycles. The van der Waals surface area contributed by atoms with Crippen LogP contribution in [0, 0.1) is 6.92 Å². The van der Waals surface area contributed by atoms with Gasteiger partial charge in [-0.2, -0.15) is 4.98 Å². The fraction of sp³-hybridized carbons (Fsp3) is 0.154. The highest BCUT2D eigenvalue weighted by Gasteiger charge is 2.35. The summed E-state index contributed by atoms with van der Waals surface area (Å²) in [5, 5.41) is 2.04. The molecule has 6 rings (SSSR count). The maximum Gasteiger partial charge on any atom is 0.231 e. The molecule has 140 valence electrons. The molecule has 0 saturated heterocycles. The molecule has 2 heterocycles. The number of hydrogen-bond acceptors (Lipinski definition) is 3. The van der Waals surface area contributed by atoms with Gasteiger partial charge in [-0.25, -0.2) is 4.98 Å². The number of aryl methyl sites for hydroxylation is 1. The van der Waals surface area contributed by atoms with E-state index in [0.717, 1.165) is 27.6 Å². The van der Waals surface area contributed by atoms with Gasteiger partial charge < -0.3 is 4.42 Å². The lowest BCUT2D eigenvalue weighted by atomic mass is 9.82. The maximum atomic E-state index is 6.03. The molecule has 0 radical (unpaired) electrons. The van der Waals surface area contributed by atoms with Gasteiger partial charge >= 0.3 is 0 Å². The number of hydrogen-bond donors (Lipinski definition) is 0. The summed E-state index contributed by atoms with van der Waals surface area (Å²) in [6, 6.07) is 23.5. The zero-order valence-electron chi connectivity index (χ0n) is 16.7. The highest BCUT2D eigenvalue weighted by Crippen LogP contribution is 2.49. The Morgan fingerprint density at radius 3 is 2.45 bits per heavy atom. The van der Waals surface area contributed by atoms with Gasteiger partial charge in [-0.05, 0) is 41.3 Å². The molecule has 29 heavy (non-hydrogen) atoms. The lowest BCUT2D eigenvalue weighted by Crippen LogP contribution is -2.14. The highest BCUT2D eigenvalue weighted by molar-refractivity contribution is 6.10. The Bertz CT molecular complexity index is 1440. The van der Waals surface area contributed by atoms with Gasteiger partial charge in [0.2, 0.25) is 5.71 Å². The van der Waals surface area contributed by atoms with Crippen molar-refractivity contribution in [3.05, 3.63) is 83.7 Å². The lowest BCUT2D eigenvalue weighted by Gasteiger charge is -2.21. The summed E-state index contributed by atoms with van der Waals surface area (Å²) in [6.07, 6.45) is 0. The van der Waals surface area contributed by atoms with E-state index >= 15 is 0 Å². The van der Waals surface area contributed by atoms with Crippen LogP contribution in [0.15, 0.2) is 71.1 Å². The quantitative estimate of drug-likeness (QED) is 0.328. The predicted octanol–water partition coefficient (Wildman–Crippen LogP) is 6.66. The minimum atomic E-state index is 0.00367. The van der Waals surface area contributed by atoms with E-state index in [1.165, 1.54) is 22.3 Å². The van der Waals surface area contributed by atoms with E-state index in [1.807, 2.05) is 25.1 Å². The Morgan fingerprint density at radius 2 is 1.55 bits per heavy atom. The molecule has 0 bridgehead atoms. The Labute approximate surface area is 169 Å². The zero-order valence-corrected chi connectivity index (χ0v) is 16.7. The summed E-state index contributed by atoms with van der Waals surface area (Å²) >= 11 is 0. The summed E-state index contributed by atoms with van der Waals surface area (Å²) in [4.78, 5) is 9.39. The van der Waals surface area contributed by atoms with E-state index in [-0.39, 0.29) is 5.41 Å². The van der Waals surface area contributed by atoms with Crippen LogP contribution >= 0.6 is 0 Å². The van der Waals surface area contributed by atoms with E-state index in [4.69, 9.17) is 9.40 Å². The molecule has 3 aromatic carbocycles. The SMILES string of the molecule is Cc1nc(-c2ccc3c(c2)-c2ccccc2C3(C)C)c2c(n1)oc1ccccc12. The predicted molar refractivity (Wildman–Crippen MR) is 117 cm³/mol. The Balaban J connectivity index is 1.67. The van der Waals surface area contributed by atoms with Crippen molar-refractivity contribution in [2.75, 3.05) is 0 Å². The topological polar surface area (TPSA) is 38.9 Å². The highest BCUT2D eigenvalue weighted by atomic mass is 16.3. The number of rotatable bonds is 1. The number of furan rings is 1. The first-order valence-electron chi connectivity index (χ1n) is 9.95. The molecule has 0 unspecified atom stereocenters. The summed E-state index contributed by atoms with van der Waals surface area (Å²) in [5.74, 6) is 0.716. The van der Waals surface area contributed by atoms with Gasteiger partial charge in [-0.1, -0.05) is 68.4 Å². The first kappa shape index (κ1) is 16.5. The van der Waals surface area contributed by atoms with Crippen molar-refractivity contribution >= 4 is 22.1 Å². The Kier molecular flexibility index (Phi) is 3.15. The third-order valence-corrected chi connectivity index (χ3v) is 6.21. The molecule has 2 aromatic heterocycles. The molecular formula is C26H20N2O. The van der Waals surface area contributed by atoms with Gasteiger partial charge in [0.15, 0.2) is 0 Å². The standard InChI is InChI=1S/C26H20N2O/c1-15-27-24(23-18-9-5-7-11-22(18)29-25(23)28-15)16-12-13-21-19(14-16)17-8-4-6-10-20(17)26(21,2)3/h4-14H,1-3H3. The van der Waals surface area contributed by atoms with Gasteiger partial charge in [0, 0.05) is 16.4 Å². The normalized spacial score (nSPS) is 14.3. The molecule has 3 nitrogen and oxygen atoms in total. The number of fused-ring (bicyclic) bond motifs is 6. The van der Waals surface area contributed by atoms with Crippen molar-refractivity contribution < 1.29 is 4.42 Å². The largest absolute Gasteiger partial charge is 0.438 e. The van der Waals surface area contributed by atoms with Crippen LogP contribution in [0.2, 0.25) is 0 Å². The van der Waals surface area contributed by atoms with Crippen LogP contribution in [0.3, 0.4) is 0 Å². The van der Waals surface area contributed by atoms with Crippen molar-refractivity contribution in [3.8, 4) is 22.4 Å². The third kappa shape index (κ3) is 2.18. The number of nitrogens with zero attached hydrogens (tertiary/aromatic N) is 2. The maximum absolute atomic E-state index is 6.03. The minimum Gasteiger partial charge on any atom is -0.438 e. The van der Waals surface area contributed by atoms with E-state index in [9.17, 15) is 0 Å². The summed E-state index contributed by atoms with van der Waals surface area (Å²) in [5.41, 5.74) is 8.87. The second-order valence-corrected chi connectivity index (χ2v) is 8.33. The van der Waals surface area contributed by atoms with Crippen LogP contribution < -0.4 is 0 Å². The fourth-order valence-electron chi connectivity index (χ4n) is 4.81. The molecular weight excluding hydrogens is 356 g/mol. The van der Waals surface area contributed by atoms with Crippen LogP contribution in [-0.4, -0.2) is 9.97 Å². The van der Waals surface area contributed by atoms with Gasteiger partial charge in [-0.15, -0.1) is 0 Å².